The summed E-state index contributed by atoms with van der Waals surface area (Å²) in [6.07, 6.45) is 2.58. The van der Waals surface area contributed by atoms with E-state index in [1.54, 1.807) is 12.3 Å². The number of benzene rings is 1. The Kier molecular flexibility index (Phi) is 5.36. The maximum absolute atomic E-state index is 11.8. The molecule has 1 heterocycles. The molecule has 2 aromatic rings. The van der Waals surface area contributed by atoms with Gasteiger partial charge in [-0.3, -0.25) is 4.79 Å². The van der Waals surface area contributed by atoms with Crippen LogP contribution in [-0.2, 0) is 0 Å². The van der Waals surface area contributed by atoms with E-state index in [0.29, 0.717) is 12.2 Å². The Balaban J connectivity index is 2.00. The van der Waals surface area contributed by atoms with Crippen LogP contribution in [0, 0.1) is 0 Å². The second kappa shape index (κ2) is 7.45. The molecule has 1 aromatic heterocycles. The minimum Gasteiger partial charge on any atom is -0.378 e. The molecule has 1 amide bonds. The summed E-state index contributed by atoms with van der Waals surface area (Å²) in [5.41, 5.74) is 3.41. The quantitative estimate of drug-likeness (QED) is 0.860. The van der Waals surface area contributed by atoms with Crippen LogP contribution < -0.4 is 15.5 Å². The number of carbonyl (C=O) groups is 1. The second-order valence-electron chi connectivity index (χ2n) is 5.25. The number of rotatable bonds is 6. The summed E-state index contributed by atoms with van der Waals surface area (Å²) < 4.78 is 0. The Morgan fingerprint density at radius 3 is 2.32 bits per heavy atom. The van der Waals surface area contributed by atoms with Crippen LogP contribution in [0.3, 0.4) is 0 Å². The van der Waals surface area contributed by atoms with Gasteiger partial charge in [0.25, 0.3) is 5.91 Å². The van der Waals surface area contributed by atoms with E-state index < -0.39 is 0 Å². The topological polar surface area (TPSA) is 57.3 Å². The molecule has 0 spiro atoms. The summed E-state index contributed by atoms with van der Waals surface area (Å²) in [4.78, 5) is 18.0. The molecule has 0 aliphatic heterocycles. The van der Waals surface area contributed by atoms with Crippen molar-refractivity contribution in [3.8, 4) is 0 Å². The summed E-state index contributed by atoms with van der Waals surface area (Å²) >= 11 is 0. The molecule has 0 unspecified atom stereocenters. The fourth-order valence-electron chi connectivity index (χ4n) is 1.94. The summed E-state index contributed by atoms with van der Waals surface area (Å²) in [5, 5.41) is 6.07. The van der Waals surface area contributed by atoms with Crippen molar-refractivity contribution < 1.29 is 4.79 Å². The Labute approximate surface area is 131 Å². The molecule has 0 radical (unpaired) electrons. The van der Waals surface area contributed by atoms with Crippen molar-refractivity contribution in [1.82, 2.24) is 10.3 Å². The number of anilines is 3. The average Bonchev–Trinajstić information content (AvgIpc) is 2.54. The first-order chi connectivity index (χ1) is 10.6. The lowest BCUT2D eigenvalue weighted by Gasteiger charge is -2.13. The van der Waals surface area contributed by atoms with Crippen molar-refractivity contribution in [1.29, 1.82) is 0 Å². The molecule has 2 N–H and O–H groups in total. The van der Waals surface area contributed by atoms with E-state index >= 15 is 0 Å². The number of pyridine rings is 1. The fraction of sp³-hybridized carbons (Fsp3) is 0.294. The van der Waals surface area contributed by atoms with Crippen LogP contribution in [0.5, 0.6) is 0 Å². The third-order valence-corrected chi connectivity index (χ3v) is 3.20. The Hall–Kier alpha value is -2.56. The Bertz CT molecular complexity index is 606. The molecule has 116 valence electrons. The van der Waals surface area contributed by atoms with Crippen LogP contribution in [0.4, 0.5) is 17.1 Å². The van der Waals surface area contributed by atoms with Gasteiger partial charge in [0.1, 0.15) is 5.69 Å². The van der Waals surface area contributed by atoms with Crippen molar-refractivity contribution in [3.05, 3.63) is 48.3 Å². The van der Waals surface area contributed by atoms with E-state index in [4.69, 9.17) is 0 Å². The van der Waals surface area contributed by atoms with Crippen LogP contribution in [0.25, 0.3) is 0 Å². The van der Waals surface area contributed by atoms with E-state index in [9.17, 15) is 4.79 Å². The molecule has 0 aliphatic rings. The highest BCUT2D eigenvalue weighted by molar-refractivity contribution is 5.92. The van der Waals surface area contributed by atoms with Gasteiger partial charge >= 0.3 is 0 Å². The van der Waals surface area contributed by atoms with Crippen LogP contribution in [0.15, 0.2) is 42.6 Å². The summed E-state index contributed by atoms with van der Waals surface area (Å²) in [7, 11) is 4.02. The highest BCUT2D eigenvalue weighted by Crippen LogP contribution is 2.19. The molecule has 5 heteroatoms. The minimum absolute atomic E-state index is 0.135. The maximum Gasteiger partial charge on any atom is 0.269 e. The molecule has 1 aromatic carbocycles. The van der Waals surface area contributed by atoms with Crippen molar-refractivity contribution in [2.24, 2.45) is 0 Å². The third-order valence-electron chi connectivity index (χ3n) is 3.20. The van der Waals surface area contributed by atoms with Crippen molar-refractivity contribution >= 4 is 23.0 Å². The Morgan fingerprint density at radius 1 is 1.09 bits per heavy atom. The van der Waals surface area contributed by atoms with Crippen LogP contribution in [-0.4, -0.2) is 31.5 Å². The first kappa shape index (κ1) is 15.8. The molecule has 0 bridgehead atoms. The normalized spacial score (nSPS) is 10.1. The summed E-state index contributed by atoms with van der Waals surface area (Å²) in [5.74, 6) is -0.135. The number of nitrogens with one attached hydrogen (secondary N) is 2. The summed E-state index contributed by atoms with van der Waals surface area (Å²) in [6, 6.07) is 11.7. The Morgan fingerprint density at radius 2 is 1.77 bits per heavy atom. The minimum atomic E-state index is -0.135. The molecule has 22 heavy (non-hydrogen) atoms. The lowest BCUT2D eigenvalue weighted by atomic mass is 10.2. The van der Waals surface area contributed by atoms with E-state index in [1.165, 1.54) is 0 Å². The molecule has 0 aliphatic carbocycles. The van der Waals surface area contributed by atoms with Crippen molar-refractivity contribution in [2.45, 2.75) is 13.3 Å². The highest BCUT2D eigenvalue weighted by atomic mass is 16.1. The standard InChI is InChI=1S/C17H22N4O/c1-4-11-18-17(22)16-10-7-14(12-19-16)20-13-5-8-15(9-6-13)21(2)3/h5-10,12,20H,4,11H2,1-3H3,(H,18,22). The van der Waals surface area contributed by atoms with Crippen molar-refractivity contribution in [3.63, 3.8) is 0 Å². The van der Waals surface area contributed by atoms with Gasteiger partial charge in [0, 0.05) is 32.0 Å². The first-order valence-electron chi connectivity index (χ1n) is 7.39. The number of amides is 1. The highest BCUT2D eigenvalue weighted by Gasteiger charge is 2.06. The SMILES string of the molecule is CCCNC(=O)c1ccc(Nc2ccc(N(C)C)cc2)cn1. The number of nitrogens with zero attached hydrogens (tertiary/aromatic N) is 2. The number of aromatic nitrogens is 1. The molecular weight excluding hydrogens is 276 g/mol. The van der Waals surface area contributed by atoms with Crippen LogP contribution in [0.2, 0.25) is 0 Å². The second-order valence-corrected chi connectivity index (χ2v) is 5.25. The average molecular weight is 298 g/mol. The van der Waals surface area contributed by atoms with E-state index in [1.807, 2.05) is 51.4 Å². The summed E-state index contributed by atoms with van der Waals surface area (Å²) in [6.45, 7) is 2.68. The van der Waals surface area contributed by atoms with Crippen LogP contribution >= 0.6 is 0 Å². The molecule has 0 atom stereocenters. The van der Waals surface area contributed by atoms with E-state index in [-0.39, 0.29) is 5.91 Å². The predicted octanol–water partition coefficient (Wildman–Crippen LogP) is 3.03. The zero-order valence-electron chi connectivity index (χ0n) is 13.3. The van der Waals surface area contributed by atoms with Gasteiger partial charge in [-0.2, -0.15) is 0 Å². The van der Waals surface area contributed by atoms with E-state index in [2.05, 4.69) is 20.5 Å². The van der Waals surface area contributed by atoms with Gasteiger partial charge in [0.15, 0.2) is 0 Å². The first-order valence-corrected chi connectivity index (χ1v) is 7.39. The largest absolute Gasteiger partial charge is 0.378 e. The molecule has 0 saturated heterocycles. The van der Waals surface area contributed by atoms with Gasteiger partial charge in [-0.25, -0.2) is 4.98 Å². The monoisotopic (exact) mass is 298 g/mol. The molecule has 0 saturated carbocycles. The molecular formula is C17H22N4O. The molecule has 0 fully saturated rings. The third kappa shape index (κ3) is 4.22. The molecule has 2 rings (SSSR count). The maximum atomic E-state index is 11.8. The van der Waals surface area contributed by atoms with Gasteiger partial charge in [-0.05, 0) is 42.8 Å². The zero-order chi connectivity index (χ0) is 15.9. The smallest absolute Gasteiger partial charge is 0.269 e. The van der Waals surface area contributed by atoms with E-state index in [0.717, 1.165) is 23.5 Å². The zero-order valence-corrected chi connectivity index (χ0v) is 13.3. The number of hydrogen-bond donors (Lipinski definition) is 2. The van der Waals surface area contributed by atoms with Gasteiger partial charge in [-0.1, -0.05) is 6.92 Å². The lowest BCUT2D eigenvalue weighted by Crippen LogP contribution is -2.24. The van der Waals surface area contributed by atoms with Gasteiger partial charge in [0.05, 0.1) is 11.9 Å². The number of hydrogen-bond acceptors (Lipinski definition) is 4. The molecule has 5 nitrogen and oxygen atoms in total. The number of carbonyl (C=O) groups excluding carboxylic acids is 1. The fourth-order valence-corrected chi connectivity index (χ4v) is 1.94. The predicted molar refractivity (Wildman–Crippen MR) is 90.9 cm³/mol. The van der Waals surface area contributed by atoms with Gasteiger partial charge in [0.2, 0.25) is 0 Å². The van der Waals surface area contributed by atoms with Gasteiger partial charge in [-0.15, -0.1) is 0 Å². The van der Waals surface area contributed by atoms with Crippen molar-refractivity contribution in [2.75, 3.05) is 30.9 Å². The lowest BCUT2D eigenvalue weighted by molar-refractivity contribution is 0.0949. The van der Waals surface area contributed by atoms with Crippen LogP contribution in [0.1, 0.15) is 23.8 Å². The van der Waals surface area contributed by atoms with Gasteiger partial charge < -0.3 is 15.5 Å².